The summed E-state index contributed by atoms with van der Waals surface area (Å²) in [5.74, 6) is 0. The molecule has 0 saturated carbocycles. The highest BCUT2D eigenvalue weighted by atomic mass is 35.5. The predicted molar refractivity (Wildman–Crippen MR) is 264 cm³/mol. The van der Waals surface area contributed by atoms with E-state index in [9.17, 15) is 0 Å². The van der Waals surface area contributed by atoms with Gasteiger partial charge in [-0.1, -0.05) is 180 Å². The molecule has 0 aliphatic carbocycles. The Morgan fingerprint density at radius 1 is 0.492 bits per heavy atom. The maximum absolute atomic E-state index is 7.14. The standard InChI is InChI=1S/C56H46BClN2S/c1-55(2,3)37-29-43(35-17-9-7-10-18-35)54(44(30-37)36-19-11-8-12-20-36)60-49-33-39(58)25-27-45(49)57-46-28-26-40(59-47-23-15-13-21-41(47)42-22-14-16-24-48(42)59)34-51(46)61-52-32-38(56(4,5)6)31-50(60)53(52)57/h7-34H,1-6H3. The van der Waals surface area contributed by atoms with Crippen LogP contribution in [0.4, 0.5) is 17.1 Å². The number of aromatic nitrogens is 1. The average Bonchev–Trinajstić information content (AvgIpc) is 3.60. The van der Waals surface area contributed by atoms with Crippen LogP contribution < -0.4 is 21.3 Å². The molecule has 5 heteroatoms. The van der Waals surface area contributed by atoms with Gasteiger partial charge in [-0.3, -0.25) is 0 Å². The van der Waals surface area contributed by atoms with Crippen LogP contribution >= 0.6 is 23.4 Å². The van der Waals surface area contributed by atoms with Crippen molar-refractivity contribution < 1.29 is 0 Å². The van der Waals surface area contributed by atoms with E-state index in [-0.39, 0.29) is 17.5 Å². The summed E-state index contributed by atoms with van der Waals surface area (Å²) in [4.78, 5) is 5.16. The number of anilines is 3. The number of hydrogen-bond acceptors (Lipinski definition) is 2. The highest BCUT2D eigenvalue weighted by Gasteiger charge is 2.43. The lowest BCUT2D eigenvalue weighted by Crippen LogP contribution is -2.60. The van der Waals surface area contributed by atoms with Crippen molar-refractivity contribution in [2.75, 3.05) is 4.90 Å². The van der Waals surface area contributed by atoms with E-state index in [4.69, 9.17) is 11.6 Å². The molecular formula is C56H46BClN2S. The molecule has 1 aromatic heterocycles. The van der Waals surface area contributed by atoms with Crippen molar-refractivity contribution in [3.05, 3.63) is 186 Å². The zero-order valence-corrected chi connectivity index (χ0v) is 37.0. The number of fused-ring (bicyclic) bond motifs is 7. The van der Waals surface area contributed by atoms with Gasteiger partial charge in [-0.15, -0.1) is 0 Å². The fourth-order valence-electron chi connectivity index (χ4n) is 9.70. The Labute approximate surface area is 368 Å². The molecule has 0 bridgehead atoms. The lowest BCUT2D eigenvalue weighted by atomic mass is 9.34. The van der Waals surface area contributed by atoms with Crippen molar-refractivity contribution in [1.29, 1.82) is 0 Å². The van der Waals surface area contributed by atoms with E-state index in [1.807, 2.05) is 11.8 Å². The molecule has 0 radical (unpaired) electrons. The van der Waals surface area contributed by atoms with E-state index >= 15 is 0 Å². The minimum Gasteiger partial charge on any atom is -0.310 e. The van der Waals surface area contributed by atoms with Crippen LogP contribution in [0.3, 0.4) is 0 Å². The van der Waals surface area contributed by atoms with Crippen LogP contribution in [-0.4, -0.2) is 11.3 Å². The topological polar surface area (TPSA) is 8.17 Å². The maximum Gasteiger partial charge on any atom is 0.249 e. The first-order chi connectivity index (χ1) is 29.4. The molecule has 0 saturated heterocycles. The molecule has 8 aromatic carbocycles. The Bertz CT molecular complexity index is 3100. The van der Waals surface area contributed by atoms with E-state index in [2.05, 4.69) is 221 Å². The summed E-state index contributed by atoms with van der Waals surface area (Å²) in [6.07, 6.45) is 0. The highest BCUT2D eigenvalue weighted by Crippen LogP contribution is 2.51. The summed E-state index contributed by atoms with van der Waals surface area (Å²) in [5.41, 5.74) is 18.2. The molecule has 61 heavy (non-hydrogen) atoms. The average molecular weight is 825 g/mol. The van der Waals surface area contributed by atoms with Gasteiger partial charge in [-0.05, 0) is 105 Å². The number of hydrogen-bond donors (Lipinski definition) is 0. The summed E-state index contributed by atoms with van der Waals surface area (Å²) < 4.78 is 2.44. The van der Waals surface area contributed by atoms with E-state index in [1.165, 1.54) is 92.7 Å². The van der Waals surface area contributed by atoms with Gasteiger partial charge in [0.15, 0.2) is 0 Å². The van der Waals surface area contributed by atoms with E-state index in [0.717, 1.165) is 16.4 Å². The molecule has 0 spiro atoms. The van der Waals surface area contributed by atoms with Crippen LogP contribution in [-0.2, 0) is 10.8 Å². The monoisotopic (exact) mass is 824 g/mol. The van der Waals surface area contributed by atoms with Gasteiger partial charge in [-0.25, -0.2) is 0 Å². The van der Waals surface area contributed by atoms with Gasteiger partial charge in [0.2, 0.25) is 6.71 Å². The molecule has 0 atom stereocenters. The summed E-state index contributed by atoms with van der Waals surface area (Å²) in [7, 11) is 0. The quantitative estimate of drug-likeness (QED) is 0.163. The van der Waals surface area contributed by atoms with Gasteiger partial charge in [0.1, 0.15) is 0 Å². The maximum atomic E-state index is 7.14. The zero-order chi connectivity index (χ0) is 41.8. The van der Waals surface area contributed by atoms with Crippen LogP contribution in [0.1, 0.15) is 52.7 Å². The third-order valence-electron chi connectivity index (χ3n) is 12.8. The van der Waals surface area contributed by atoms with Crippen LogP contribution in [0.5, 0.6) is 0 Å². The first-order valence-electron chi connectivity index (χ1n) is 21.3. The van der Waals surface area contributed by atoms with Gasteiger partial charge < -0.3 is 9.47 Å². The van der Waals surface area contributed by atoms with Crippen LogP contribution in [0.2, 0.25) is 5.02 Å². The summed E-state index contributed by atoms with van der Waals surface area (Å²) in [6, 6.07) is 63.0. The molecule has 0 unspecified atom stereocenters. The van der Waals surface area contributed by atoms with Crippen LogP contribution in [0.15, 0.2) is 180 Å². The smallest absolute Gasteiger partial charge is 0.249 e. The van der Waals surface area contributed by atoms with Gasteiger partial charge in [0, 0.05) is 53.8 Å². The Morgan fingerprint density at radius 2 is 1.03 bits per heavy atom. The van der Waals surface area contributed by atoms with Crippen molar-refractivity contribution in [3.63, 3.8) is 0 Å². The van der Waals surface area contributed by atoms with Crippen LogP contribution in [0.25, 0.3) is 49.7 Å². The number of halogens is 1. The minimum atomic E-state index is -0.104. The Hall–Kier alpha value is -5.94. The predicted octanol–water partition coefficient (Wildman–Crippen LogP) is 14.1. The van der Waals surface area contributed by atoms with Gasteiger partial charge >= 0.3 is 0 Å². The van der Waals surface area contributed by atoms with Crippen molar-refractivity contribution in [3.8, 4) is 27.9 Å². The molecule has 0 N–H and O–H groups in total. The highest BCUT2D eigenvalue weighted by molar-refractivity contribution is 8.00. The lowest BCUT2D eigenvalue weighted by molar-refractivity contribution is 0.589. The second-order valence-corrected chi connectivity index (χ2v) is 20.2. The SMILES string of the molecule is CC(C)(C)c1cc(-c2ccccc2)c(N2c3cc(Cl)ccc3B3c4ccc(-n5c6ccccc6c6ccccc65)cc4Sc4cc(C(C)(C)C)cc2c43)c(-c2ccccc2)c1. The second-order valence-electron chi connectivity index (χ2n) is 18.7. The van der Waals surface area contributed by atoms with Crippen LogP contribution in [0, 0.1) is 0 Å². The lowest BCUT2D eigenvalue weighted by Gasteiger charge is -2.43. The van der Waals surface area contributed by atoms with Gasteiger partial charge in [0.05, 0.1) is 16.7 Å². The largest absolute Gasteiger partial charge is 0.310 e. The Kier molecular flexibility index (Phi) is 8.76. The summed E-state index contributed by atoms with van der Waals surface area (Å²) in [5, 5.41) is 3.26. The van der Waals surface area contributed by atoms with E-state index in [0.29, 0.717) is 0 Å². The molecule has 3 heterocycles. The Balaban J connectivity index is 1.21. The van der Waals surface area contributed by atoms with Crippen molar-refractivity contribution in [2.24, 2.45) is 0 Å². The number of nitrogens with zero attached hydrogens (tertiary/aromatic N) is 2. The molecule has 9 aromatic rings. The molecule has 2 nitrogen and oxygen atoms in total. The number of benzene rings is 8. The molecule has 0 amide bonds. The normalized spacial score (nSPS) is 13.4. The van der Waals surface area contributed by atoms with Crippen molar-refractivity contribution in [2.45, 2.75) is 62.2 Å². The van der Waals surface area contributed by atoms with Crippen molar-refractivity contribution >= 4 is 85.3 Å². The first kappa shape index (κ1) is 38.0. The molecular weight excluding hydrogens is 779 g/mol. The number of para-hydroxylation sites is 2. The third kappa shape index (κ3) is 6.17. The molecule has 2 aliphatic rings. The molecule has 11 rings (SSSR count). The fourth-order valence-corrected chi connectivity index (χ4v) is 11.1. The third-order valence-corrected chi connectivity index (χ3v) is 14.2. The number of rotatable bonds is 4. The van der Waals surface area contributed by atoms with Crippen molar-refractivity contribution in [1.82, 2.24) is 4.57 Å². The van der Waals surface area contributed by atoms with Gasteiger partial charge in [0.25, 0.3) is 0 Å². The van der Waals surface area contributed by atoms with Gasteiger partial charge in [-0.2, -0.15) is 0 Å². The zero-order valence-electron chi connectivity index (χ0n) is 35.4. The first-order valence-corrected chi connectivity index (χ1v) is 22.5. The fraction of sp³-hybridized carbons (Fsp3) is 0.143. The van der Waals surface area contributed by atoms with E-state index in [1.54, 1.807) is 0 Å². The summed E-state index contributed by atoms with van der Waals surface area (Å²) in [6.45, 7) is 14.0. The second kappa shape index (κ2) is 14.1. The van der Waals surface area contributed by atoms with E-state index < -0.39 is 0 Å². The summed E-state index contributed by atoms with van der Waals surface area (Å²) >= 11 is 9.05. The minimum absolute atomic E-state index is 0.0141. The Morgan fingerprint density at radius 3 is 1.62 bits per heavy atom. The molecule has 2 aliphatic heterocycles. The molecule has 296 valence electrons. The molecule has 0 fully saturated rings.